The van der Waals surface area contributed by atoms with Crippen molar-refractivity contribution in [2.75, 3.05) is 5.32 Å². The number of benzene rings is 2. The highest BCUT2D eigenvalue weighted by atomic mass is 35.5. The summed E-state index contributed by atoms with van der Waals surface area (Å²) in [5.41, 5.74) is -2.82. The summed E-state index contributed by atoms with van der Waals surface area (Å²) in [5.74, 6) is -3.63. The maximum absolute atomic E-state index is 15.0. The van der Waals surface area contributed by atoms with Crippen LogP contribution in [0.2, 0.25) is 5.02 Å². The Labute approximate surface area is 195 Å². The summed E-state index contributed by atoms with van der Waals surface area (Å²) in [6, 6.07) is 5.10. The van der Waals surface area contributed by atoms with Crippen molar-refractivity contribution in [2.24, 2.45) is 0 Å². The second kappa shape index (κ2) is 9.22. The molecule has 0 fully saturated rings. The van der Waals surface area contributed by atoms with Gasteiger partial charge in [-0.3, -0.25) is 4.79 Å². The molecule has 0 aliphatic carbocycles. The van der Waals surface area contributed by atoms with Gasteiger partial charge in [-0.1, -0.05) is 17.7 Å². The molecule has 0 radical (unpaired) electrons. The molecule has 0 aliphatic heterocycles. The summed E-state index contributed by atoms with van der Waals surface area (Å²) in [6.07, 6.45) is -5.92. The van der Waals surface area contributed by atoms with Crippen molar-refractivity contribution in [2.45, 2.75) is 38.7 Å². The molecule has 0 saturated heterocycles. The summed E-state index contributed by atoms with van der Waals surface area (Å²) < 4.78 is 73.4. The molecule has 1 atom stereocenters. The number of ether oxygens (including phenoxy) is 1. The molecule has 0 unspecified atom stereocenters. The third kappa shape index (κ3) is 5.48. The molecule has 3 N–H and O–H groups in total. The Morgan fingerprint density at radius 3 is 2.44 bits per heavy atom. The number of amides is 1. The fraction of sp³-hybridized carbons (Fsp3) is 0.273. The minimum atomic E-state index is -4.79. The number of aromatic amines is 1. The highest BCUT2D eigenvalue weighted by molar-refractivity contribution is 6.34. The van der Waals surface area contributed by atoms with Crippen LogP contribution in [0.1, 0.15) is 37.0 Å². The van der Waals surface area contributed by atoms with Crippen LogP contribution in [0.5, 0.6) is 5.75 Å². The monoisotopic (exact) mass is 503 g/mol. The lowest BCUT2D eigenvalue weighted by Gasteiger charge is -2.20. The smallest absolute Gasteiger partial charge is 0.425 e. The molecule has 3 aromatic rings. The van der Waals surface area contributed by atoms with Crippen LogP contribution in [-0.2, 0) is 5.60 Å². The number of carbonyl (C=O) groups is 1. The van der Waals surface area contributed by atoms with Crippen LogP contribution in [-0.4, -0.2) is 33.3 Å². The van der Waals surface area contributed by atoms with E-state index in [-0.39, 0.29) is 22.1 Å². The minimum absolute atomic E-state index is 0.0526. The van der Waals surface area contributed by atoms with Crippen molar-refractivity contribution in [3.8, 4) is 17.0 Å². The fourth-order valence-corrected chi connectivity index (χ4v) is 3.06. The molecule has 182 valence electrons. The molecule has 1 aromatic heterocycles. The van der Waals surface area contributed by atoms with Gasteiger partial charge in [0.25, 0.3) is 5.91 Å². The second-order valence-electron chi connectivity index (χ2n) is 7.87. The van der Waals surface area contributed by atoms with E-state index in [1.807, 2.05) is 0 Å². The third-order valence-corrected chi connectivity index (χ3v) is 5.03. The lowest BCUT2D eigenvalue weighted by molar-refractivity contribution is -0.189. The molecular formula is C22H19ClF5N3O3. The van der Waals surface area contributed by atoms with Crippen LogP contribution < -0.4 is 10.1 Å². The summed E-state index contributed by atoms with van der Waals surface area (Å²) in [5, 5.41) is 12.0. The average Bonchev–Trinajstić information content (AvgIpc) is 3.21. The van der Waals surface area contributed by atoms with Gasteiger partial charge in [0.2, 0.25) is 0 Å². The first kappa shape index (κ1) is 25.4. The first-order valence-corrected chi connectivity index (χ1v) is 10.2. The number of carbonyl (C=O) groups excluding carboxylic acids is 1. The zero-order valence-corrected chi connectivity index (χ0v) is 18.8. The van der Waals surface area contributed by atoms with Gasteiger partial charge in [0.1, 0.15) is 28.8 Å². The Hall–Kier alpha value is -3.18. The Morgan fingerprint density at radius 1 is 1.21 bits per heavy atom. The number of hydrogen-bond acceptors (Lipinski definition) is 4. The van der Waals surface area contributed by atoms with E-state index in [1.165, 1.54) is 32.2 Å². The van der Waals surface area contributed by atoms with E-state index in [0.29, 0.717) is 13.0 Å². The van der Waals surface area contributed by atoms with Crippen LogP contribution in [0, 0.1) is 11.6 Å². The number of halogens is 6. The van der Waals surface area contributed by atoms with Crippen LogP contribution in [0.25, 0.3) is 11.3 Å². The lowest BCUT2D eigenvalue weighted by atomic mass is 10.1. The largest absolute Gasteiger partial charge is 0.480 e. The van der Waals surface area contributed by atoms with Crippen LogP contribution in [0.3, 0.4) is 0 Å². The van der Waals surface area contributed by atoms with Gasteiger partial charge in [0, 0.05) is 11.8 Å². The summed E-state index contributed by atoms with van der Waals surface area (Å²) >= 11 is 5.88. The van der Waals surface area contributed by atoms with Gasteiger partial charge in [-0.25, -0.2) is 13.8 Å². The van der Waals surface area contributed by atoms with Gasteiger partial charge in [0.15, 0.2) is 6.10 Å². The maximum Gasteiger partial charge on any atom is 0.425 e. The standard InChI is InChI=1S/C22H19ClF5N3O3/c1-10(22(26,27)28)34-17-8-11(16-9-29-20(30-16)21(2,3)33)15(25)7-12(17)19(32)31-18-13(23)5-4-6-14(18)24/h4-10,33H,1-3H3,(H,29,30)(H,31,32)/t10-/m0/s1. The highest BCUT2D eigenvalue weighted by Gasteiger charge is 2.39. The van der Waals surface area contributed by atoms with Crippen molar-refractivity contribution in [3.05, 3.63) is 64.6 Å². The number of nitrogens with zero attached hydrogens (tertiary/aromatic N) is 1. The van der Waals surface area contributed by atoms with Gasteiger partial charge in [-0.05, 0) is 45.0 Å². The Balaban J connectivity index is 2.08. The van der Waals surface area contributed by atoms with Crippen molar-refractivity contribution in [3.63, 3.8) is 0 Å². The molecule has 3 rings (SSSR count). The van der Waals surface area contributed by atoms with E-state index < -0.39 is 52.4 Å². The predicted molar refractivity (Wildman–Crippen MR) is 115 cm³/mol. The predicted octanol–water partition coefficient (Wildman–Crippen LogP) is 5.82. The number of H-pyrrole nitrogens is 1. The number of alkyl halides is 3. The molecule has 2 aromatic carbocycles. The molecule has 0 spiro atoms. The van der Waals surface area contributed by atoms with Gasteiger partial charge in [-0.15, -0.1) is 0 Å². The zero-order valence-electron chi connectivity index (χ0n) is 18.0. The van der Waals surface area contributed by atoms with Crippen LogP contribution in [0.4, 0.5) is 27.6 Å². The maximum atomic E-state index is 15.0. The molecule has 0 aliphatic rings. The summed E-state index contributed by atoms with van der Waals surface area (Å²) in [4.78, 5) is 19.5. The number of rotatable bonds is 6. The van der Waals surface area contributed by atoms with Gasteiger partial charge < -0.3 is 20.1 Å². The normalized spacial score (nSPS) is 13.0. The molecule has 0 bridgehead atoms. The van der Waals surface area contributed by atoms with Crippen molar-refractivity contribution >= 4 is 23.2 Å². The SMILES string of the molecule is C[C@H](Oc1cc(-c2c[nH]c(C(C)(C)O)n2)c(F)cc1C(=O)Nc1c(F)cccc1Cl)C(F)(F)F. The number of aromatic nitrogens is 2. The molecule has 34 heavy (non-hydrogen) atoms. The molecule has 12 heteroatoms. The minimum Gasteiger partial charge on any atom is -0.480 e. The summed E-state index contributed by atoms with van der Waals surface area (Å²) in [7, 11) is 0. The van der Waals surface area contributed by atoms with Crippen molar-refractivity contribution < 1.29 is 36.6 Å². The van der Waals surface area contributed by atoms with Gasteiger partial charge >= 0.3 is 6.18 Å². The van der Waals surface area contributed by atoms with E-state index >= 15 is 0 Å². The van der Waals surface area contributed by atoms with E-state index in [1.54, 1.807) is 0 Å². The van der Waals surface area contributed by atoms with Crippen LogP contribution >= 0.6 is 11.6 Å². The number of anilines is 1. The molecule has 1 heterocycles. The highest BCUT2D eigenvalue weighted by Crippen LogP contribution is 2.35. The van der Waals surface area contributed by atoms with Crippen LogP contribution in [0.15, 0.2) is 36.5 Å². The second-order valence-corrected chi connectivity index (χ2v) is 8.28. The summed E-state index contributed by atoms with van der Waals surface area (Å²) in [6.45, 7) is 3.55. The number of para-hydroxylation sites is 1. The molecule has 0 saturated carbocycles. The van der Waals surface area contributed by atoms with Gasteiger partial charge in [-0.2, -0.15) is 13.2 Å². The first-order valence-electron chi connectivity index (χ1n) is 9.79. The van der Waals surface area contributed by atoms with Crippen molar-refractivity contribution in [1.82, 2.24) is 9.97 Å². The fourth-order valence-electron chi connectivity index (χ4n) is 2.85. The van der Waals surface area contributed by atoms with E-state index in [9.17, 15) is 31.9 Å². The number of hydrogen-bond donors (Lipinski definition) is 3. The number of nitrogens with one attached hydrogen (secondary N) is 2. The molecule has 1 amide bonds. The lowest BCUT2D eigenvalue weighted by Crippen LogP contribution is -2.32. The van der Waals surface area contributed by atoms with Gasteiger partial charge in [0.05, 0.1) is 22.0 Å². The number of aliphatic hydroxyl groups is 1. The van der Waals surface area contributed by atoms with Crippen molar-refractivity contribution in [1.29, 1.82) is 0 Å². The topological polar surface area (TPSA) is 87.2 Å². The molecule has 6 nitrogen and oxygen atoms in total. The Kier molecular flexibility index (Phi) is 6.90. The van der Waals surface area contributed by atoms with E-state index in [4.69, 9.17) is 16.3 Å². The average molecular weight is 504 g/mol. The zero-order chi connectivity index (χ0) is 25.4. The number of imidazole rings is 1. The quantitative estimate of drug-likeness (QED) is 0.370. The first-order chi connectivity index (χ1) is 15.7. The molecular weight excluding hydrogens is 485 g/mol. The Morgan fingerprint density at radius 2 is 1.88 bits per heavy atom. The van der Waals surface area contributed by atoms with E-state index in [0.717, 1.165) is 12.1 Å². The van der Waals surface area contributed by atoms with E-state index in [2.05, 4.69) is 15.3 Å². The third-order valence-electron chi connectivity index (χ3n) is 4.71. The Bertz CT molecular complexity index is 1200.